The molecule has 1 aliphatic rings. The van der Waals surface area contributed by atoms with Gasteiger partial charge in [-0.05, 0) is 42.1 Å². The fourth-order valence-corrected chi connectivity index (χ4v) is 2.80. The van der Waals surface area contributed by atoms with E-state index in [1.54, 1.807) is 7.11 Å². The van der Waals surface area contributed by atoms with Crippen LogP contribution in [0.3, 0.4) is 0 Å². The number of hydrogen-bond acceptors (Lipinski definition) is 2. The number of carbonyl (C=O) groups excluding carboxylic acids is 1. The summed E-state index contributed by atoms with van der Waals surface area (Å²) in [5, 5.41) is -0.238. The van der Waals surface area contributed by atoms with Crippen LogP contribution >= 0.6 is 11.6 Å². The molecule has 1 saturated carbocycles. The molecule has 0 bridgehead atoms. The van der Waals surface area contributed by atoms with Gasteiger partial charge in [0, 0.05) is 0 Å². The number of methoxy groups -OCH3 is 1. The molecule has 0 saturated heterocycles. The van der Waals surface area contributed by atoms with Gasteiger partial charge in [-0.2, -0.15) is 0 Å². The smallest absolute Gasteiger partial charge is 0.232 e. The molecule has 1 aromatic rings. The molecule has 3 heteroatoms. The van der Waals surface area contributed by atoms with Crippen LogP contribution in [0.5, 0.6) is 5.75 Å². The van der Waals surface area contributed by atoms with Crippen LogP contribution in [-0.2, 0) is 10.2 Å². The second kappa shape index (κ2) is 4.46. The lowest BCUT2D eigenvalue weighted by Crippen LogP contribution is -2.29. The molecule has 1 aromatic carbocycles. The summed E-state index contributed by atoms with van der Waals surface area (Å²) >= 11 is 5.79. The molecule has 86 valence electrons. The van der Waals surface area contributed by atoms with E-state index in [1.807, 2.05) is 24.3 Å². The molecule has 0 aliphatic heterocycles. The number of carbonyl (C=O) groups is 1. The molecule has 0 aromatic heterocycles. The van der Waals surface area contributed by atoms with E-state index < -0.39 is 5.41 Å². The van der Waals surface area contributed by atoms with Crippen molar-refractivity contribution in [1.29, 1.82) is 0 Å². The Morgan fingerprint density at radius 3 is 2.62 bits per heavy atom. The first kappa shape index (κ1) is 11.5. The molecule has 16 heavy (non-hydrogen) atoms. The zero-order valence-corrected chi connectivity index (χ0v) is 10.1. The van der Waals surface area contributed by atoms with Crippen LogP contribution in [0.1, 0.15) is 31.2 Å². The quantitative estimate of drug-likeness (QED) is 0.756. The first-order valence-electron chi connectivity index (χ1n) is 5.53. The largest absolute Gasteiger partial charge is 0.497 e. The maximum absolute atomic E-state index is 11.7. The van der Waals surface area contributed by atoms with Crippen molar-refractivity contribution in [3.63, 3.8) is 0 Å². The van der Waals surface area contributed by atoms with Crippen LogP contribution in [-0.4, -0.2) is 12.4 Å². The highest BCUT2D eigenvalue weighted by Crippen LogP contribution is 2.43. The Kier molecular flexibility index (Phi) is 3.20. The second-order valence-electron chi connectivity index (χ2n) is 4.29. The van der Waals surface area contributed by atoms with Gasteiger partial charge in [0.1, 0.15) is 5.75 Å². The van der Waals surface area contributed by atoms with Crippen molar-refractivity contribution in [3.05, 3.63) is 29.8 Å². The fourth-order valence-electron chi connectivity index (χ4n) is 2.50. The molecular formula is C13H15ClO2. The van der Waals surface area contributed by atoms with Gasteiger partial charge in [0.05, 0.1) is 12.5 Å². The standard InChI is InChI=1S/C13H15ClO2/c1-16-11-6-4-5-10(9-11)13(12(14)15)7-2-3-8-13/h4-6,9H,2-3,7-8H2,1H3. The van der Waals surface area contributed by atoms with E-state index in [0.717, 1.165) is 37.0 Å². The summed E-state index contributed by atoms with van der Waals surface area (Å²) in [5.74, 6) is 0.779. The molecule has 2 rings (SSSR count). The Bertz CT molecular complexity index is 395. The van der Waals surface area contributed by atoms with Crippen LogP contribution in [0, 0.1) is 0 Å². The molecule has 0 spiro atoms. The van der Waals surface area contributed by atoms with Crippen molar-refractivity contribution < 1.29 is 9.53 Å². The molecule has 1 fully saturated rings. The molecule has 0 amide bonds. The van der Waals surface area contributed by atoms with Crippen molar-refractivity contribution in [2.75, 3.05) is 7.11 Å². The van der Waals surface area contributed by atoms with Gasteiger partial charge in [-0.1, -0.05) is 25.0 Å². The summed E-state index contributed by atoms with van der Waals surface area (Å²) in [6.07, 6.45) is 3.83. The van der Waals surface area contributed by atoms with Crippen LogP contribution in [0.25, 0.3) is 0 Å². The van der Waals surface area contributed by atoms with Gasteiger partial charge in [0.15, 0.2) is 0 Å². The minimum atomic E-state index is -0.476. The zero-order valence-electron chi connectivity index (χ0n) is 9.33. The van der Waals surface area contributed by atoms with E-state index in [9.17, 15) is 4.79 Å². The summed E-state index contributed by atoms with van der Waals surface area (Å²) in [4.78, 5) is 11.7. The van der Waals surface area contributed by atoms with Crippen LogP contribution in [0.15, 0.2) is 24.3 Å². The van der Waals surface area contributed by atoms with E-state index >= 15 is 0 Å². The lowest BCUT2D eigenvalue weighted by molar-refractivity contribution is -0.116. The van der Waals surface area contributed by atoms with Crippen molar-refractivity contribution in [2.24, 2.45) is 0 Å². The zero-order chi connectivity index (χ0) is 11.6. The maximum Gasteiger partial charge on any atom is 0.232 e. The van der Waals surface area contributed by atoms with Gasteiger partial charge >= 0.3 is 0 Å². The van der Waals surface area contributed by atoms with Gasteiger partial charge in [-0.25, -0.2) is 0 Å². The molecule has 2 nitrogen and oxygen atoms in total. The highest BCUT2D eigenvalue weighted by Gasteiger charge is 2.41. The Hall–Kier alpha value is -1.02. The minimum Gasteiger partial charge on any atom is -0.497 e. The molecule has 0 unspecified atom stereocenters. The summed E-state index contributed by atoms with van der Waals surface area (Å²) in [5.41, 5.74) is 0.514. The Labute approximate surface area is 101 Å². The van der Waals surface area contributed by atoms with Crippen molar-refractivity contribution in [3.8, 4) is 5.75 Å². The summed E-state index contributed by atoms with van der Waals surface area (Å²) < 4.78 is 5.18. The molecule has 0 heterocycles. The van der Waals surface area contributed by atoms with E-state index in [4.69, 9.17) is 16.3 Å². The normalized spacial score (nSPS) is 18.4. The highest BCUT2D eigenvalue weighted by atomic mass is 35.5. The number of rotatable bonds is 3. The predicted octanol–water partition coefficient (Wildman–Crippen LogP) is 3.27. The topological polar surface area (TPSA) is 26.3 Å². The molecule has 0 atom stereocenters. The summed E-state index contributed by atoms with van der Waals surface area (Å²) in [6, 6.07) is 7.68. The third-order valence-corrected chi connectivity index (χ3v) is 3.82. The predicted molar refractivity (Wildman–Crippen MR) is 64.0 cm³/mol. The molecule has 1 aliphatic carbocycles. The Morgan fingerprint density at radius 1 is 1.38 bits per heavy atom. The SMILES string of the molecule is COc1cccc(C2(C(=O)Cl)CCCC2)c1. The number of hydrogen-bond donors (Lipinski definition) is 0. The van der Waals surface area contributed by atoms with Gasteiger partial charge in [-0.15, -0.1) is 0 Å². The van der Waals surface area contributed by atoms with Crippen LogP contribution < -0.4 is 4.74 Å². The molecular weight excluding hydrogens is 224 g/mol. The first-order valence-corrected chi connectivity index (χ1v) is 5.91. The number of ether oxygens (including phenoxy) is 1. The third-order valence-electron chi connectivity index (χ3n) is 3.46. The van der Waals surface area contributed by atoms with E-state index in [2.05, 4.69) is 0 Å². The monoisotopic (exact) mass is 238 g/mol. The first-order chi connectivity index (χ1) is 7.69. The third kappa shape index (κ3) is 1.82. The second-order valence-corrected chi connectivity index (χ2v) is 4.64. The average Bonchev–Trinajstić information content (AvgIpc) is 2.79. The highest BCUT2D eigenvalue weighted by molar-refractivity contribution is 6.65. The van der Waals surface area contributed by atoms with Gasteiger partial charge < -0.3 is 4.74 Å². The van der Waals surface area contributed by atoms with Crippen LogP contribution in [0.2, 0.25) is 0 Å². The van der Waals surface area contributed by atoms with Gasteiger partial charge in [0.25, 0.3) is 0 Å². The maximum atomic E-state index is 11.7. The fraction of sp³-hybridized carbons (Fsp3) is 0.462. The van der Waals surface area contributed by atoms with E-state index in [1.165, 1.54) is 0 Å². The van der Waals surface area contributed by atoms with E-state index in [0.29, 0.717) is 0 Å². The number of halogens is 1. The number of benzene rings is 1. The van der Waals surface area contributed by atoms with Gasteiger partial charge in [-0.3, -0.25) is 4.79 Å². The Morgan fingerprint density at radius 2 is 2.06 bits per heavy atom. The van der Waals surface area contributed by atoms with Gasteiger partial charge in [0.2, 0.25) is 5.24 Å². The van der Waals surface area contributed by atoms with Crippen molar-refractivity contribution in [1.82, 2.24) is 0 Å². The summed E-state index contributed by atoms with van der Waals surface area (Å²) in [7, 11) is 1.63. The van der Waals surface area contributed by atoms with E-state index in [-0.39, 0.29) is 5.24 Å². The van der Waals surface area contributed by atoms with Crippen molar-refractivity contribution in [2.45, 2.75) is 31.1 Å². The van der Waals surface area contributed by atoms with Crippen molar-refractivity contribution >= 4 is 16.8 Å². The average molecular weight is 239 g/mol. The van der Waals surface area contributed by atoms with Crippen LogP contribution in [0.4, 0.5) is 0 Å². The summed E-state index contributed by atoms with van der Waals surface area (Å²) in [6.45, 7) is 0. The Balaban J connectivity index is 2.43. The minimum absolute atomic E-state index is 0.238. The molecule has 0 radical (unpaired) electrons. The lowest BCUT2D eigenvalue weighted by atomic mass is 9.80. The molecule has 0 N–H and O–H groups in total. The lowest BCUT2D eigenvalue weighted by Gasteiger charge is -2.25.